The highest BCUT2D eigenvalue weighted by molar-refractivity contribution is 6.04. The molecule has 0 aliphatic heterocycles. The van der Waals surface area contributed by atoms with Crippen LogP contribution in [0.25, 0.3) is 38.8 Å². The summed E-state index contributed by atoms with van der Waals surface area (Å²) in [5, 5.41) is 3.09. The molecular weight excluding hydrogens is 489 g/mol. The molecule has 4 heterocycles. The summed E-state index contributed by atoms with van der Waals surface area (Å²) in [6.07, 6.45) is -2.12. The number of hydrogen-bond donors (Lipinski definition) is 1. The van der Waals surface area contributed by atoms with Gasteiger partial charge >= 0.3 is 18.0 Å². The molecular formula is C25H19F3N6O3. The van der Waals surface area contributed by atoms with Gasteiger partial charge in [0.05, 0.1) is 41.2 Å². The number of alkyl halides is 3. The monoisotopic (exact) mass is 508 g/mol. The Morgan fingerprint density at radius 3 is 2.43 bits per heavy atom. The smallest absolute Gasteiger partial charge is 0.433 e. The van der Waals surface area contributed by atoms with Crippen LogP contribution in [0, 0.1) is 6.92 Å². The van der Waals surface area contributed by atoms with Gasteiger partial charge in [-0.15, -0.1) is 0 Å². The number of aryl methyl sites for hydroxylation is 2. The number of ether oxygens (including phenoxy) is 1. The topological polar surface area (TPSA) is 104 Å². The minimum Gasteiger partial charge on any atom is -0.453 e. The maximum atomic E-state index is 13.3. The molecule has 0 fully saturated rings. The average Bonchev–Trinajstić information content (AvgIpc) is 3.13. The van der Waals surface area contributed by atoms with Crippen molar-refractivity contribution in [2.75, 3.05) is 12.4 Å². The number of pyridine rings is 3. The number of methoxy groups -OCH3 is 1. The zero-order valence-electron chi connectivity index (χ0n) is 19.8. The van der Waals surface area contributed by atoms with Gasteiger partial charge in [0.1, 0.15) is 11.5 Å². The first-order valence-corrected chi connectivity index (χ1v) is 11.0. The third-order valence-electron chi connectivity index (χ3n) is 5.98. The van der Waals surface area contributed by atoms with E-state index in [9.17, 15) is 22.8 Å². The van der Waals surface area contributed by atoms with Crippen LogP contribution in [0.4, 0.5) is 23.8 Å². The highest BCUT2D eigenvalue weighted by Gasteiger charge is 2.33. The maximum Gasteiger partial charge on any atom is 0.433 e. The van der Waals surface area contributed by atoms with Crippen molar-refractivity contribution in [2.24, 2.45) is 7.05 Å². The normalized spacial score (nSPS) is 11.7. The highest BCUT2D eigenvalue weighted by atomic mass is 19.4. The van der Waals surface area contributed by atoms with Gasteiger partial charge < -0.3 is 4.74 Å². The van der Waals surface area contributed by atoms with Crippen LogP contribution in [0.5, 0.6) is 0 Å². The van der Waals surface area contributed by atoms with Crippen LogP contribution in [0.1, 0.15) is 11.4 Å². The van der Waals surface area contributed by atoms with Gasteiger partial charge in [-0.3, -0.25) is 19.4 Å². The Kier molecular flexibility index (Phi) is 5.66. The van der Waals surface area contributed by atoms with E-state index in [1.807, 2.05) is 12.1 Å². The molecule has 4 aromatic heterocycles. The van der Waals surface area contributed by atoms with Crippen LogP contribution >= 0.6 is 0 Å². The van der Waals surface area contributed by atoms with E-state index in [1.165, 1.54) is 29.2 Å². The largest absolute Gasteiger partial charge is 0.453 e. The Balaban J connectivity index is 1.70. The number of benzene rings is 1. The van der Waals surface area contributed by atoms with Gasteiger partial charge in [0, 0.05) is 24.2 Å². The second-order valence-corrected chi connectivity index (χ2v) is 8.25. The van der Waals surface area contributed by atoms with Crippen molar-refractivity contribution < 1.29 is 22.7 Å². The first kappa shape index (κ1) is 24.0. The molecule has 0 radical (unpaired) electrons. The Labute approximate surface area is 207 Å². The van der Waals surface area contributed by atoms with Crippen molar-refractivity contribution in [3.8, 4) is 16.8 Å². The van der Waals surface area contributed by atoms with E-state index in [0.717, 1.165) is 17.2 Å². The first-order valence-electron chi connectivity index (χ1n) is 11.0. The van der Waals surface area contributed by atoms with Crippen molar-refractivity contribution >= 4 is 33.8 Å². The summed E-state index contributed by atoms with van der Waals surface area (Å²) < 4.78 is 46.9. The number of aromatic nitrogens is 5. The summed E-state index contributed by atoms with van der Waals surface area (Å²) in [4.78, 5) is 37.1. The molecule has 0 saturated carbocycles. The molecule has 0 aliphatic carbocycles. The molecule has 5 rings (SSSR count). The van der Waals surface area contributed by atoms with E-state index >= 15 is 0 Å². The molecule has 0 unspecified atom stereocenters. The van der Waals surface area contributed by atoms with Crippen LogP contribution in [0.2, 0.25) is 0 Å². The van der Waals surface area contributed by atoms with Crippen LogP contribution in [0.15, 0.2) is 59.7 Å². The zero-order chi connectivity index (χ0) is 26.5. The lowest BCUT2D eigenvalue weighted by molar-refractivity contribution is -0.141. The Morgan fingerprint density at radius 2 is 1.78 bits per heavy atom. The number of rotatable bonds is 3. The standard InChI is InChI=1S/C25H19F3N6O3/c1-13-18(7-8-20(31-13)25(26,27)28)34-22-16-10-14(15-5-9-21(30-11-15)32-23(35)37-3)4-6-17(16)29-12-19(22)33(2)24(34)36/h4-12H,1-3H3,(H,30,32,35). The second-order valence-electron chi connectivity index (χ2n) is 8.25. The second kappa shape index (κ2) is 8.73. The molecule has 0 aliphatic rings. The SMILES string of the molecule is COC(=O)Nc1ccc(-c2ccc3ncc4c(c3c2)n(-c2ccc(C(F)(F)F)nc2C)c(=O)n4C)cn1. The van der Waals surface area contributed by atoms with Crippen LogP contribution in [0.3, 0.4) is 0 Å². The summed E-state index contributed by atoms with van der Waals surface area (Å²) in [5.41, 5.74) is 1.88. The molecule has 12 heteroatoms. The summed E-state index contributed by atoms with van der Waals surface area (Å²) in [6, 6.07) is 10.9. The molecule has 0 bridgehead atoms. The van der Waals surface area contributed by atoms with E-state index in [4.69, 9.17) is 0 Å². The van der Waals surface area contributed by atoms with Gasteiger partial charge in [0.15, 0.2) is 0 Å². The Hall–Kier alpha value is -4.74. The fraction of sp³-hybridized carbons (Fsp3) is 0.160. The lowest BCUT2D eigenvalue weighted by atomic mass is 10.0. The van der Waals surface area contributed by atoms with E-state index in [0.29, 0.717) is 27.8 Å². The van der Waals surface area contributed by atoms with Gasteiger partial charge in [-0.2, -0.15) is 13.2 Å². The number of nitrogens with one attached hydrogen (secondary N) is 1. The molecule has 1 aromatic carbocycles. The number of nitrogens with zero attached hydrogens (tertiary/aromatic N) is 5. The quantitative estimate of drug-likeness (QED) is 0.374. The maximum absolute atomic E-state index is 13.3. The summed E-state index contributed by atoms with van der Waals surface area (Å²) in [6.45, 7) is 1.43. The predicted octanol–water partition coefficient (Wildman–Crippen LogP) is 4.84. The molecule has 188 valence electrons. The average molecular weight is 508 g/mol. The third kappa shape index (κ3) is 4.15. The number of halogens is 3. The number of carbonyl (C=O) groups excluding carboxylic acids is 1. The number of carbonyl (C=O) groups is 1. The molecule has 1 N–H and O–H groups in total. The lowest BCUT2D eigenvalue weighted by Crippen LogP contribution is -2.22. The Morgan fingerprint density at radius 1 is 1.03 bits per heavy atom. The molecule has 1 amide bonds. The minimum absolute atomic E-state index is 0.0587. The fourth-order valence-electron chi connectivity index (χ4n) is 4.14. The number of hydrogen-bond acceptors (Lipinski definition) is 6. The van der Waals surface area contributed by atoms with Gasteiger partial charge in [-0.1, -0.05) is 6.07 Å². The summed E-state index contributed by atoms with van der Waals surface area (Å²) >= 11 is 0. The number of anilines is 1. The summed E-state index contributed by atoms with van der Waals surface area (Å²) in [7, 11) is 2.82. The molecule has 9 nitrogen and oxygen atoms in total. The van der Waals surface area contributed by atoms with Crippen LogP contribution < -0.4 is 11.0 Å². The molecule has 0 spiro atoms. The van der Waals surface area contributed by atoms with Crippen molar-refractivity contribution in [3.63, 3.8) is 0 Å². The van der Waals surface area contributed by atoms with Gasteiger partial charge in [0.25, 0.3) is 0 Å². The molecule has 0 saturated heterocycles. The van der Waals surface area contributed by atoms with E-state index in [1.54, 1.807) is 37.6 Å². The summed E-state index contributed by atoms with van der Waals surface area (Å²) in [5.74, 6) is 0.308. The van der Waals surface area contributed by atoms with Crippen LogP contribution in [-0.4, -0.2) is 37.3 Å². The van der Waals surface area contributed by atoms with Gasteiger partial charge in [-0.05, 0) is 48.9 Å². The van der Waals surface area contributed by atoms with E-state index in [-0.39, 0.29) is 11.4 Å². The minimum atomic E-state index is -4.60. The van der Waals surface area contributed by atoms with Gasteiger partial charge in [0.2, 0.25) is 0 Å². The van der Waals surface area contributed by atoms with Crippen molar-refractivity contribution in [1.29, 1.82) is 0 Å². The lowest BCUT2D eigenvalue weighted by Gasteiger charge is -2.12. The molecule has 37 heavy (non-hydrogen) atoms. The zero-order valence-corrected chi connectivity index (χ0v) is 19.8. The highest BCUT2D eigenvalue weighted by Crippen LogP contribution is 2.32. The van der Waals surface area contributed by atoms with Crippen LogP contribution in [-0.2, 0) is 18.0 Å². The number of amides is 1. The van der Waals surface area contributed by atoms with E-state index in [2.05, 4.69) is 25.0 Å². The third-order valence-corrected chi connectivity index (χ3v) is 5.98. The Bertz CT molecular complexity index is 1740. The fourth-order valence-corrected chi connectivity index (χ4v) is 4.14. The number of imidazole rings is 1. The van der Waals surface area contributed by atoms with Crippen molar-refractivity contribution in [2.45, 2.75) is 13.1 Å². The van der Waals surface area contributed by atoms with E-state index < -0.39 is 23.7 Å². The van der Waals surface area contributed by atoms with Gasteiger partial charge in [-0.25, -0.2) is 19.6 Å². The molecule has 5 aromatic rings. The van der Waals surface area contributed by atoms with Crippen molar-refractivity contribution in [3.05, 3.63) is 76.7 Å². The predicted molar refractivity (Wildman–Crippen MR) is 131 cm³/mol. The molecule has 0 atom stereocenters. The number of fused-ring (bicyclic) bond motifs is 3. The first-order chi connectivity index (χ1) is 17.6. The van der Waals surface area contributed by atoms with Crippen molar-refractivity contribution in [1.82, 2.24) is 24.1 Å².